The Morgan fingerprint density at radius 1 is 1.19 bits per heavy atom. The largest absolute Gasteiger partial charge is 0.490 e. The Morgan fingerprint density at radius 2 is 1.93 bits per heavy atom. The Hall–Kier alpha value is -2.12. The Bertz CT molecular complexity index is 621. The van der Waals surface area contributed by atoms with Crippen molar-refractivity contribution in [3.05, 3.63) is 29.8 Å². The summed E-state index contributed by atoms with van der Waals surface area (Å²) in [7, 11) is 1.61. The van der Waals surface area contributed by atoms with Gasteiger partial charge in [0.25, 0.3) is 5.91 Å². The third-order valence-corrected chi connectivity index (χ3v) is 5.13. The SMILES string of the molecule is COCCC(=O)N1CCC(Oc2ccc(C(=O)N[C@@H]3CCNC3)cc2)CC1. The predicted octanol–water partition coefficient (Wildman–Crippen LogP) is 1.18. The number of methoxy groups -OCH3 is 1. The lowest BCUT2D eigenvalue weighted by Crippen LogP contribution is -2.42. The molecule has 1 atom stereocenters. The van der Waals surface area contributed by atoms with E-state index in [0.717, 1.165) is 38.1 Å². The van der Waals surface area contributed by atoms with Gasteiger partial charge in [-0.05, 0) is 37.2 Å². The van der Waals surface area contributed by atoms with Crippen molar-refractivity contribution in [3.63, 3.8) is 0 Å². The summed E-state index contributed by atoms with van der Waals surface area (Å²) >= 11 is 0. The zero-order valence-electron chi connectivity index (χ0n) is 15.9. The van der Waals surface area contributed by atoms with E-state index in [1.54, 1.807) is 19.2 Å². The Balaban J connectivity index is 1.43. The molecule has 0 saturated carbocycles. The second-order valence-corrected chi connectivity index (χ2v) is 7.13. The van der Waals surface area contributed by atoms with Crippen LogP contribution in [-0.4, -0.2) is 68.8 Å². The van der Waals surface area contributed by atoms with Crippen molar-refractivity contribution in [2.75, 3.05) is 39.9 Å². The van der Waals surface area contributed by atoms with E-state index in [2.05, 4.69) is 10.6 Å². The molecule has 2 aliphatic rings. The number of nitrogens with one attached hydrogen (secondary N) is 2. The molecule has 27 heavy (non-hydrogen) atoms. The molecule has 0 aliphatic carbocycles. The number of rotatable bonds is 7. The molecule has 0 bridgehead atoms. The van der Waals surface area contributed by atoms with Crippen molar-refractivity contribution < 1.29 is 19.1 Å². The van der Waals surface area contributed by atoms with Gasteiger partial charge in [-0.1, -0.05) is 0 Å². The van der Waals surface area contributed by atoms with Crippen molar-refractivity contribution in [1.82, 2.24) is 15.5 Å². The predicted molar refractivity (Wildman–Crippen MR) is 102 cm³/mol. The molecule has 0 radical (unpaired) electrons. The van der Waals surface area contributed by atoms with Gasteiger partial charge in [0, 0.05) is 51.2 Å². The minimum atomic E-state index is -0.0434. The fourth-order valence-electron chi connectivity index (χ4n) is 3.49. The minimum Gasteiger partial charge on any atom is -0.490 e. The molecule has 0 aromatic heterocycles. The first-order valence-electron chi connectivity index (χ1n) is 9.70. The molecule has 2 N–H and O–H groups in total. The molecular formula is C20H29N3O4. The van der Waals surface area contributed by atoms with Crippen molar-refractivity contribution in [2.45, 2.75) is 37.8 Å². The summed E-state index contributed by atoms with van der Waals surface area (Å²) < 4.78 is 11.0. The maximum atomic E-state index is 12.3. The zero-order valence-corrected chi connectivity index (χ0v) is 15.9. The van der Waals surface area contributed by atoms with Gasteiger partial charge < -0.3 is 25.0 Å². The molecule has 3 rings (SSSR count). The normalized spacial score (nSPS) is 20.5. The van der Waals surface area contributed by atoms with E-state index in [1.807, 2.05) is 17.0 Å². The average Bonchev–Trinajstić information content (AvgIpc) is 3.20. The number of hydrogen-bond acceptors (Lipinski definition) is 5. The number of carbonyl (C=O) groups is 2. The van der Waals surface area contributed by atoms with Crippen LogP contribution < -0.4 is 15.4 Å². The van der Waals surface area contributed by atoms with Crippen LogP contribution in [0.2, 0.25) is 0 Å². The van der Waals surface area contributed by atoms with E-state index in [-0.39, 0.29) is 24.0 Å². The fraction of sp³-hybridized carbons (Fsp3) is 0.600. The zero-order chi connectivity index (χ0) is 19.1. The quantitative estimate of drug-likeness (QED) is 0.748. The molecule has 1 aromatic rings. The summed E-state index contributed by atoms with van der Waals surface area (Å²) in [6.45, 7) is 3.67. The molecule has 7 heteroatoms. The third-order valence-electron chi connectivity index (χ3n) is 5.13. The van der Waals surface area contributed by atoms with Crippen LogP contribution in [0.1, 0.15) is 36.0 Å². The van der Waals surface area contributed by atoms with Gasteiger partial charge in [0.15, 0.2) is 0 Å². The van der Waals surface area contributed by atoms with Crippen LogP contribution in [0.15, 0.2) is 24.3 Å². The highest BCUT2D eigenvalue weighted by Gasteiger charge is 2.24. The maximum absolute atomic E-state index is 12.3. The standard InChI is InChI=1S/C20H29N3O4/c1-26-13-9-19(24)23-11-7-18(8-12-23)27-17-4-2-15(3-5-17)20(25)22-16-6-10-21-14-16/h2-5,16,18,21H,6-14H2,1H3,(H,22,25)/t16-/m1/s1. The van der Waals surface area contributed by atoms with E-state index < -0.39 is 0 Å². The summed E-state index contributed by atoms with van der Waals surface area (Å²) in [5.41, 5.74) is 0.646. The summed E-state index contributed by atoms with van der Waals surface area (Å²) in [5.74, 6) is 0.861. The number of ether oxygens (including phenoxy) is 2. The number of amides is 2. The van der Waals surface area contributed by atoms with Crippen LogP contribution in [-0.2, 0) is 9.53 Å². The van der Waals surface area contributed by atoms with Gasteiger partial charge in [-0.3, -0.25) is 9.59 Å². The molecule has 2 amide bonds. The van der Waals surface area contributed by atoms with Gasteiger partial charge in [0.1, 0.15) is 11.9 Å². The highest BCUT2D eigenvalue weighted by atomic mass is 16.5. The second kappa shape index (κ2) is 9.71. The first-order valence-corrected chi connectivity index (χ1v) is 9.70. The van der Waals surface area contributed by atoms with E-state index in [0.29, 0.717) is 31.7 Å². The average molecular weight is 375 g/mol. The number of likely N-dealkylation sites (tertiary alicyclic amines) is 1. The van der Waals surface area contributed by atoms with E-state index in [4.69, 9.17) is 9.47 Å². The van der Waals surface area contributed by atoms with E-state index in [9.17, 15) is 9.59 Å². The van der Waals surface area contributed by atoms with Gasteiger partial charge >= 0.3 is 0 Å². The van der Waals surface area contributed by atoms with Gasteiger partial charge in [0.05, 0.1) is 13.0 Å². The van der Waals surface area contributed by atoms with Crippen molar-refractivity contribution in [2.24, 2.45) is 0 Å². The lowest BCUT2D eigenvalue weighted by Gasteiger charge is -2.32. The molecule has 7 nitrogen and oxygen atoms in total. The molecule has 148 valence electrons. The highest BCUT2D eigenvalue weighted by molar-refractivity contribution is 5.94. The first-order chi connectivity index (χ1) is 13.2. The van der Waals surface area contributed by atoms with Crippen LogP contribution in [0, 0.1) is 0 Å². The number of piperidine rings is 1. The topological polar surface area (TPSA) is 79.9 Å². The molecule has 2 saturated heterocycles. The fourth-order valence-corrected chi connectivity index (χ4v) is 3.49. The van der Waals surface area contributed by atoms with Crippen molar-refractivity contribution in [3.8, 4) is 5.75 Å². The molecular weight excluding hydrogens is 346 g/mol. The lowest BCUT2D eigenvalue weighted by molar-refractivity contribution is -0.133. The lowest BCUT2D eigenvalue weighted by atomic mass is 10.1. The summed E-state index contributed by atoms with van der Waals surface area (Å²) in [6.07, 6.45) is 3.13. The van der Waals surface area contributed by atoms with E-state index >= 15 is 0 Å². The van der Waals surface area contributed by atoms with Crippen molar-refractivity contribution >= 4 is 11.8 Å². The van der Waals surface area contributed by atoms with Crippen LogP contribution in [0.25, 0.3) is 0 Å². The molecule has 2 aliphatic heterocycles. The van der Waals surface area contributed by atoms with Gasteiger partial charge in [-0.25, -0.2) is 0 Å². The van der Waals surface area contributed by atoms with E-state index in [1.165, 1.54) is 0 Å². The molecule has 0 spiro atoms. The molecule has 0 unspecified atom stereocenters. The Labute approximate surface area is 160 Å². The molecule has 2 fully saturated rings. The monoisotopic (exact) mass is 375 g/mol. The summed E-state index contributed by atoms with van der Waals surface area (Å²) in [6, 6.07) is 7.51. The van der Waals surface area contributed by atoms with Crippen LogP contribution in [0.5, 0.6) is 5.75 Å². The summed E-state index contributed by atoms with van der Waals surface area (Å²) in [4.78, 5) is 26.1. The molecule has 1 aromatic carbocycles. The first kappa shape index (κ1) is 19.6. The molecule has 2 heterocycles. The van der Waals surface area contributed by atoms with Crippen LogP contribution in [0.3, 0.4) is 0 Å². The summed E-state index contributed by atoms with van der Waals surface area (Å²) in [5, 5.41) is 6.28. The van der Waals surface area contributed by atoms with Gasteiger partial charge in [0.2, 0.25) is 5.91 Å². The highest BCUT2D eigenvalue weighted by Crippen LogP contribution is 2.20. The number of hydrogen-bond donors (Lipinski definition) is 2. The van der Waals surface area contributed by atoms with Gasteiger partial charge in [-0.15, -0.1) is 0 Å². The minimum absolute atomic E-state index is 0.0434. The third kappa shape index (κ3) is 5.68. The Morgan fingerprint density at radius 3 is 2.56 bits per heavy atom. The van der Waals surface area contributed by atoms with Crippen LogP contribution in [0.4, 0.5) is 0 Å². The second-order valence-electron chi connectivity index (χ2n) is 7.13. The number of nitrogens with zero attached hydrogens (tertiary/aromatic N) is 1. The smallest absolute Gasteiger partial charge is 0.251 e. The maximum Gasteiger partial charge on any atom is 0.251 e. The van der Waals surface area contributed by atoms with Crippen molar-refractivity contribution in [1.29, 1.82) is 0 Å². The number of carbonyl (C=O) groups excluding carboxylic acids is 2. The van der Waals surface area contributed by atoms with Gasteiger partial charge in [-0.2, -0.15) is 0 Å². The number of benzene rings is 1. The Kier molecular flexibility index (Phi) is 7.06. The van der Waals surface area contributed by atoms with Crippen LogP contribution >= 0.6 is 0 Å².